The second-order valence-corrected chi connectivity index (χ2v) is 9.18. The molecule has 4 aromatic carbocycles. The number of fused-ring (bicyclic) bond motifs is 9. The van der Waals surface area contributed by atoms with E-state index in [1.165, 1.54) is 0 Å². The quantitative estimate of drug-likeness (QED) is 0.401. The van der Waals surface area contributed by atoms with Gasteiger partial charge in [0.15, 0.2) is 11.6 Å². The van der Waals surface area contributed by atoms with Crippen LogP contribution in [0.3, 0.4) is 0 Å². The van der Waals surface area contributed by atoms with Crippen LogP contribution < -0.4 is 0 Å². The van der Waals surface area contributed by atoms with Crippen molar-refractivity contribution in [2.24, 2.45) is 5.92 Å². The summed E-state index contributed by atoms with van der Waals surface area (Å²) in [6.07, 6.45) is 0.336. The third kappa shape index (κ3) is 1.80. The Balaban J connectivity index is 1.69. The molecule has 0 fully saturated rings. The van der Waals surface area contributed by atoms with E-state index in [-0.39, 0.29) is 17.5 Å². The third-order valence-electron chi connectivity index (χ3n) is 8.01. The van der Waals surface area contributed by atoms with Crippen LogP contribution in [0.4, 0.5) is 0 Å². The molecule has 0 heterocycles. The van der Waals surface area contributed by atoms with E-state index in [2.05, 4.69) is 42.5 Å². The van der Waals surface area contributed by atoms with Gasteiger partial charge in [0.2, 0.25) is 0 Å². The monoisotopic (exact) mass is 412 g/mol. The van der Waals surface area contributed by atoms with Crippen molar-refractivity contribution in [3.63, 3.8) is 0 Å². The molecule has 0 saturated carbocycles. The summed E-state index contributed by atoms with van der Waals surface area (Å²) in [7, 11) is 0. The number of ketones is 2. The predicted octanol–water partition coefficient (Wildman–Crippen LogP) is 5.72. The molecule has 3 atom stereocenters. The summed E-state index contributed by atoms with van der Waals surface area (Å²) >= 11 is 0. The third-order valence-corrected chi connectivity index (χ3v) is 8.01. The van der Waals surface area contributed by atoms with Gasteiger partial charge in [0.25, 0.3) is 0 Å². The first-order chi connectivity index (χ1) is 15.7. The highest BCUT2D eigenvalue weighted by Crippen LogP contribution is 2.69. The standard InChI is InChI=1S/C30H20O2/c31-26-18-29(22-14-6-4-12-20(22)26)24-16-8-9-17-25(24)30(19-10-2-1-3-11-19)23-15-7-5-13-21(23)27(32)28(29)30/h1-17,28H,18H2/t28-,29+,30+/m1/s1. The summed E-state index contributed by atoms with van der Waals surface area (Å²) in [5, 5.41) is 0. The van der Waals surface area contributed by atoms with E-state index in [0.29, 0.717) is 6.42 Å². The maximum Gasteiger partial charge on any atom is 0.169 e. The lowest BCUT2D eigenvalue weighted by molar-refractivity contribution is 0.0849. The molecule has 0 aromatic heterocycles. The molecule has 0 unspecified atom stereocenters. The molecule has 0 saturated heterocycles. The van der Waals surface area contributed by atoms with Gasteiger partial charge in [-0.1, -0.05) is 103 Å². The fraction of sp³-hybridized carbons (Fsp3) is 0.133. The molecular formula is C30H20O2. The Kier molecular flexibility index (Phi) is 3.30. The van der Waals surface area contributed by atoms with Gasteiger partial charge < -0.3 is 0 Å². The van der Waals surface area contributed by atoms with Gasteiger partial charge in [-0.2, -0.15) is 0 Å². The van der Waals surface area contributed by atoms with Gasteiger partial charge >= 0.3 is 0 Å². The van der Waals surface area contributed by atoms with E-state index in [1.54, 1.807) is 0 Å². The zero-order valence-electron chi connectivity index (χ0n) is 17.4. The Hall–Kier alpha value is -3.78. The van der Waals surface area contributed by atoms with E-state index in [1.807, 2.05) is 60.7 Å². The highest BCUT2D eigenvalue weighted by atomic mass is 16.1. The van der Waals surface area contributed by atoms with Crippen molar-refractivity contribution in [1.29, 1.82) is 0 Å². The molecular weight excluding hydrogens is 392 g/mol. The summed E-state index contributed by atoms with van der Waals surface area (Å²) in [5.74, 6) is -0.118. The van der Waals surface area contributed by atoms with Crippen LogP contribution in [0, 0.1) is 5.92 Å². The summed E-state index contributed by atoms with van der Waals surface area (Å²) in [4.78, 5) is 27.6. The molecule has 0 radical (unpaired) electrons. The Morgan fingerprint density at radius 1 is 0.562 bits per heavy atom. The van der Waals surface area contributed by atoms with Crippen LogP contribution in [-0.4, -0.2) is 11.6 Å². The van der Waals surface area contributed by atoms with E-state index in [9.17, 15) is 9.59 Å². The molecule has 0 aliphatic heterocycles. The second kappa shape index (κ2) is 5.92. The topological polar surface area (TPSA) is 34.1 Å². The molecule has 7 rings (SSSR count). The number of rotatable bonds is 1. The number of benzene rings is 4. The van der Waals surface area contributed by atoms with Crippen LogP contribution in [0.25, 0.3) is 0 Å². The minimum atomic E-state index is -0.657. The second-order valence-electron chi connectivity index (χ2n) is 9.18. The van der Waals surface area contributed by atoms with Crippen LogP contribution in [0.5, 0.6) is 0 Å². The molecule has 3 aliphatic rings. The van der Waals surface area contributed by atoms with Crippen molar-refractivity contribution >= 4 is 11.6 Å². The lowest BCUT2D eigenvalue weighted by Crippen LogP contribution is -2.42. The van der Waals surface area contributed by atoms with Crippen LogP contribution in [0.2, 0.25) is 0 Å². The maximum absolute atomic E-state index is 14.3. The van der Waals surface area contributed by atoms with Gasteiger partial charge in [-0.05, 0) is 27.8 Å². The Morgan fingerprint density at radius 2 is 1.12 bits per heavy atom. The van der Waals surface area contributed by atoms with Crippen molar-refractivity contribution in [2.75, 3.05) is 0 Å². The fourth-order valence-electron chi connectivity index (χ4n) is 7.05. The van der Waals surface area contributed by atoms with Crippen molar-refractivity contribution in [2.45, 2.75) is 17.3 Å². The summed E-state index contributed by atoms with van der Waals surface area (Å²) < 4.78 is 0. The number of hydrogen-bond donors (Lipinski definition) is 0. The van der Waals surface area contributed by atoms with E-state index < -0.39 is 10.8 Å². The molecule has 0 amide bonds. The number of carbonyl (C=O) groups excluding carboxylic acids is 2. The normalized spacial score (nSPS) is 26.7. The van der Waals surface area contributed by atoms with Crippen LogP contribution >= 0.6 is 0 Å². The fourth-order valence-corrected chi connectivity index (χ4v) is 7.05. The van der Waals surface area contributed by atoms with Gasteiger partial charge in [-0.3, -0.25) is 9.59 Å². The SMILES string of the molecule is O=C1C[C@]2(c3ccccc31)c1ccccc1[C@]1(c3ccccc3)c3ccccc3C(=O)[C@H]21. The molecule has 2 heteroatoms. The molecule has 4 aromatic rings. The molecule has 32 heavy (non-hydrogen) atoms. The van der Waals surface area contributed by atoms with Gasteiger partial charge in [-0.25, -0.2) is 0 Å². The van der Waals surface area contributed by atoms with Crippen LogP contribution in [0.1, 0.15) is 55.0 Å². The first-order valence-corrected chi connectivity index (χ1v) is 11.1. The van der Waals surface area contributed by atoms with Crippen molar-refractivity contribution in [3.05, 3.63) is 142 Å². The average molecular weight is 412 g/mol. The van der Waals surface area contributed by atoms with Crippen LogP contribution in [-0.2, 0) is 10.8 Å². The lowest BCUT2D eigenvalue weighted by Gasteiger charge is -2.37. The number of hydrogen-bond acceptors (Lipinski definition) is 2. The van der Waals surface area contributed by atoms with Crippen molar-refractivity contribution in [3.8, 4) is 0 Å². The van der Waals surface area contributed by atoms with E-state index >= 15 is 0 Å². The van der Waals surface area contributed by atoms with Gasteiger partial charge in [-0.15, -0.1) is 0 Å². The zero-order valence-corrected chi connectivity index (χ0v) is 17.4. The minimum absolute atomic E-state index is 0.128. The van der Waals surface area contributed by atoms with Gasteiger partial charge in [0, 0.05) is 23.0 Å². The van der Waals surface area contributed by atoms with Gasteiger partial charge in [0.05, 0.1) is 11.3 Å². The first kappa shape index (κ1) is 17.9. The molecule has 0 bridgehead atoms. The summed E-state index contributed by atoms with van der Waals surface area (Å²) in [6, 6.07) is 34.8. The van der Waals surface area contributed by atoms with E-state index in [0.717, 1.165) is 38.9 Å². The Morgan fingerprint density at radius 3 is 1.88 bits per heavy atom. The van der Waals surface area contributed by atoms with Crippen LogP contribution in [0.15, 0.2) is 103 Å². The van der Waals surface area contributed by atoms with Crippen molar-refractivity contribution < 1.29 is 9.59 Å². The first-order valence-electron chi connectivity index (χ1n) is 11.1. The average Bonchev–Trinajstić information content (AvgIpc) is 3.40. The summed E-state index contributed by atoms with van der Waals surface area (Å²) in [6.45, 7) is 0. The maximum atomic E-state index is 14.3. The smallest absolute Gasteiger partial charge is 0.169 e. The van der Waals surface area contributed by atoms with Gasteiger partial charge in [0.1, 0.15) is 0 Å². The highest BCUT2D eigenvalue weighted by Gasteiger charge is 2.70. The molecule has 3 aliphatic carbocycles. The Bertz CT molecular complexity index is 1450. The predicted molar refractivity (Wildman–Crippen MR) is 123 cm³/mol. The molecule has 152 valence electrons. The Labute approximate surface area is 186 Å². The molecule has 1 spiro atoms. The number of carbonyl (C=O) groups is 2. The van der Waals surface area contributed by atoms with E-state index in [4.69, 9.17) is 0 Å². The highest BCUT2D eigenvalue weighted by molar-refractivity contribution is 6.12. The number of Topliss-reactive ketones (excluding diaryl/α,β-unsaturated/α-hetero) is 2. The van der Waals surface area contributed by atoms with Crippen molar-refractivity contribution in [1.82, 2.24) is 0 Å². The summed E-state index contributed by atoms with van der Waals surface area (Å²) in [5.41, 5.74) is 5.73. The molecule has 0 N–H and O–H groups in total. The molecule has 2 nitrogen and oxygen atoms in total. The minimum Gasteiger partial charge on any atom is -0.294 e. The zero-order chi connectivity index (χ0) is 21.5. The lowest BCUT2D eigenvalue weighted by atomic mass is 9.61. The largest absolute Gasteiger partial charge is 0.294 e.